The van der Waals surface area contributed by atoms with Crippen molar-refractivity contribution in [3.8, 4) is 5.75 Å². The Morgan fingerprint density at radius 3 is 2.93 bits per heavy atom. The number of nitrogens with one attached hydrogen (secondary N) is 2. The van der Waals surface area contributed by atoms with Gasteiger partial charge in [-0.2, -0.15) is 8.78 Å². The molecule has 0 bridgehead atoms. The van der Waals surface area contributed by atoms with Crippen LogP contribution in [0, 0.1) is 0 Å². The van der Waals surface area contributed by atoms with E-state index in [1.807, 2.05) is 25.3 Å². The first-order chi connectivity index (χ1) is 14.6. The third-order valence-electron chi connectivity index (χ3n) is 4.84. The van der Waals surface area contributed by atoms with Gasteiger partial charge < -0.3 is 20.3 Å². The second-order valence-corrected chi connectivity index (χ2v) is 8.21. The van der Waals surface area contributed by atoms with E-state index in [0.717, 1.165) is 43.3 Å². The number of benzene rings is 1. The van der Waals surface area contributed by atoms with E-state index in [0.29, 0.717) is 18.8 Å². The lowest BCUT2D eigenvalue weighted by atomic mass is 10.2. The first kappa shape index (κ1) is 22.3. The van der Waals surface area contributed by atoms with Crippen molar-refractivity contribution in [2.24, 2.45) is 4.99 Å². The highest BCUT2D eigenvalue weighted by Gasteiger charge is 2.26. The van der Waals surface area contributed by atoms with Gasteiger partial charge in [-0.05, 0) is 31.9 Å². The van der Waals surface area contributed by atoms with Gasteiger partial charge >= 0.3 is 6.61 Å². The number of hydrogen-bond donors (Lipinski definition) is 2. The topological polar surface area (TPSA) is 61.8 Å². The number of aliphatic imine (C=N–C) groups is 1. The first-order valence-corrected chi connectivity index (χ1v) is 11.2. The van der Waals surface area contributed by atoms with Crippen LogP contribution in [-0.4, -0.2) is 49.8 Å². The van der Waals surface area contributed by atoms with Gasteiger partial charge in [0.2, 0.25) is 0 Å². The number of rotatable bonds is 9. The summed E-state index contributed by atoms with van der Waals surface area (Å²) >= 11 is 1.74. The first-order valence-electron chi connectivity index (χ1n) is 10.4. The molecule has 30 heavy (non-hydrogen) atoms. The Morgan fingerprint density at radius 1 is 1.37 bits per heavy atom. The average molecular weight is 438 g/mol. The van der Waals surface area contributed by atoms with Gasteiger partial charge in [-0.15, -0.1) is 11.3 Å². The molecule has 2 heterocycles. The molecule has 1 aromatic carbocycles. The van der Waals surface area contributed by atoms with Crippen LogP contribution < -0.4 is 20.3 Å². The molecule has 1 unspecified atom stereocenters. The number of anilines is 1. The molecule has 1 aromatic heterocycles. The van der Waals surface area contributed by atoms with E-state index in [9.17, 15) is 8.78 Å². The number of nitrogens with zero attached hydrogens (tertiary/aromatic N) is 3. The number of ether oxygens (including phenoxy) is 1. The van der Waals surface area contributed by atoms with Gasteiger partial charge in [0.05, 0.1) is 10.7 Å². The van der Waals surface area contributed by atoms with E-state index < -0.39 is 6.61 Å². The van der Waals surface area contributed by atoms with Gasteiger partial charge in [0.15, 0.2) is 5.96 Å². The molecule has 3 rings (SSSR count). The van der Waals surface area contributed by atoms with Crippen molar-refractivity contribution in [3.63, 3.8) is 0 Å². The standard InChI is InChI=1S/C21H29F2N5OS/c1-3-16-13-26-19(30-16)9-11-25-21(24-4-2)27-15-10-12-28(14-15)17-7-5-6-8-18(17)29-20(22)23/h5-8,13,15,20H,3-4,9-12,14H2,1-2H3,(H2,24,25,27). The van der Waals surface area contributed by atoms with Crippen LogP contribution in [0.15, 0.2) is 35.5 Å². The number of guanidine groups is 1. The van der Waals surface area contributed by atoms with Crippen LogP contribution in [-0.2, 0) is 12.8 Å². The Hall–Kier alpha value is -2.42. The Labute approximate surface area is 180 Å². The van der Waals surface area contributed by atoms with E-state index in [-0.39, 0.29) is 11.8 Å². The number of thiazole rings is 1. The Bertz CT molecular complexity index is 829. The lowest BCUT2D eigenvalue weighted by molar-refractivity contribution is -0.0495. The highest BCUT2D eigenvalue weighted by atomic mass is 32.1. The fourth-order valence-electron chi connectivity index (χ4n) is 3.41. The Morgan fingerprint density at radius 2 is 2.20 bits per heavy atom. The maximum atomic E-state index is 12.7. The van der Waals surface area contributed by atoms with Crippen LogP contribution in [0.1, 0.15) is 30.2 Å². The van der Waals surface area contributed by atoms with E-state index in [2.05, 4.69) is 37.2 Å². The van der Waals surface area contributed by atoms with E-state index in [4.69, 9.17) is 0 Å². The lowest BCUT2D eigenvalue weighted by Gasteiger charge is -2.22. The van der Waals surface area contributed by atoms with Gasteiger partial charge in [0, 0.05) is 49.7 Å². The summed E-state index contributed by atoms with van der Waals surface area (Å²) in [5.41, 5.74) is 0.694. The Balaban J connectivity index is 1.56. The minimum atomic E-state index is -2.83. The minimum absolute atomic E-state index is 0.175. The van der Waals surface area contributed by atoms with Gasteiger partial charge in [-0.3, -0.25) is 4.99 Å². The fourth-order valence-corrected chi connectivity index (χ4v) is 4.27. The maximum absolute atomic E-state index is 12.7. The molecule has 1 aliphatic rings. The summed E-state index contributed by atoms with van der Waals surface area (Å²) in [7, 11) is 0. The zero-order valence-corrected chi connectivity index (χ0v) is 18.2. The summed E-state index contributed by atoms with van der Waals surface area (Å²) < 4.78 is 30.1. The number of para-hydroxylation sites is 2. The monoisotopic (exact) mass is 437 g/mol. The van der Waals surface area contributed by atoms with Gasteiger partial charge in [-0.1, -0.05) is 19.1 Å². The van der Waals surface area contributed by atoms with Crippen molar-refractivity contribution in [1.82, 2.24) is 15.6 Å². The van der Waals surface area contributed by atoms with Crippen LogP contribution in [0.2, 0.25) is 0 Å². The van der Waals surface area contributed by atoms with Gasteiger partial charge in [0.1, 0.15) is 5.75 Å². The molecule has 1 atom stereocenters. The molecule has 2 aromatic rings. The largest absolute Gasteiger partial charge is 0.433 e. The van der Waals surface area contributed by atoms with Crippen LogP contribution in [0.4, 0.5) is 14.5 Å². The molecule has 0 spiro atoms. The van der Waals surface area contributed by atoms with Crippen LogP contribution in [0.3, 0.4) is 0 Å². The number of hydrogen-bond acceptors (Lipinski definition) is 5. The van der Waals surface area contributed by atoms with Crippen molar-refractivity contribution in [2.75, 3.05) is 31.1 Å². The fraction of sp³-hybridized carbons (Fsp3) is 0.524. The summed E-state index contributed by atoms with van der Waals surface area (Å²) in [6.45, 7) is 4.22. The minimum Gasteiger partial charge on any atom is -0.433 e. The van der Waals surface area contributed by atoms with E-state index in [1.54, 1.807) is 23.5 Å². The van der Waals surface area contributed by atoms with Crippen LogP contribution in [0.25, 0.3) is 0 Å². The quantitative estimate of drug-likeness (QED) is 0.463. The van der Waals surface area contributed by atoms with Crippen molar-refractivity contribution in [3.05, 3.63) is 40.3 Å². The maximum Gasteiger partial charge on any atom is 0.387 e. The Kier molecular flexibility index (Phi) is 8.24. The predicted octanol–water partition coefficient (Wildman–Crippen LogP) is 3.68. The van der Waals surface area contributed by atoms with Crippen LogP contribution >= 0.6 is 11.3 Å². The van der Waals surface area contributed by atoms with Gasteiger partial charge in [-0.25, -0.2) is 4.98 Å². The molecule has 9 heteroatoms. The molecule has 1 aliphatic heterocycles. The predicted molar refractivity (Wildman–Crippen MR) is 118 cm³/mol. The molecule has 0 aliphatic carbocycles. The lowest BCUT2D eigenvalue weighted by Crippen LogP contribution is -2.44. The molecule has 1 saturated heterocycles. The van der Waals surface area contributed by atoms with Crippen molar-refractivity contribution < 1.29 is 13.5 Å². The van der Waals surface area contributed by atoms with Gasteiger partial charge in [0.25, 0.3) is 0 Å². The summed E-state index contributed by atoms with van der Waals surface area (Å²) in [5.74, 6) is 0.984. The SMILES string of the molecule is CCNC(=NCCc1ncc(CC)s1)NC1CCN(c2ccccc2OC(F)F)C1. The molecule has 164 valence electrons. The molecule has 2 N–H and O–H groups in total. The third kappa shape index (κ3) is 6.29. The highest BCUT2D eigenvalue weighted by molar-refractivity contribution is 7.11. The number of aryl methyl sites for hydroxylation is 1. The number of alkyl halides is 2. The average Bonchev–Trinajstić information content (AvgIpc) is 3.37. The molecular weight excluding hydrogens is 408 g/mol. The smallest absolute Gasteiger partial charge is 0.387 e. The van der Waals surface area contributed by atoms with Crippen molar-refractivity contribution in [2.45, 2.75) is 45.8 Å². The summed E-state index contributed by atoms with van der Waals surface area (Å²) in [5, 5.41) is 7.86. The molecule has 0 amide bonds. The molecular formula is C21H29F2N5OS. The highest BCUT2D eigenvalue weighted by Crippen LogP contribution is 2.31. The zero-order chi connectivity index (χ0) is 21.3. The molecule has 6 nitrogen and oxygen atoms in total. The van der Waals surface area contributed by atoms with Crippen molar-refractivity contribution in [1.29, 1.82) is 0 Å². The number of halogens is 2. The summed E-state index contributed by atoms with van der Waals surface area (Å²) in [6, 6.07) is 7.11. The van der Waals surface area contributed by atoms with E-state index >= 15 is 0 Å². The third-order valence-corrected chi connectivity index (χ3v) is 6.04. The summed E-state index contributed by atoms with van der Waals surface area (Å²) in [4.78, 5) is 12.5. The second-order valence-electron chi connectivity index (χ2n) is 7.01. The normalized spacial score (nSPS) is 16.9. The second kappa shape index (κ2) is 11.1. The molecule has 1 fully saturated rings. The molecule has 0 saturated carbocycles. The van der Waals surface area contributed by atoms with E-state index in [1.165, 1.54) is 4.88 Å². The van der Waals surface area contributed by atoms with Crippen molar-refractivity contribution >= 4 is 23.0 Å². The summed E-state index contributed by atoms with van der Waals surface area (Å²) in [6.07, 6.45) is 4.65. The number of aromatic nitrogens is 1. The van der Waals surface area contributed by atoms with Crippen LogP contribution in [0.5, 0.6) is 5.75 Å². The molecule has 0 radical (unpaired) electrons. The zero-order valence-electron chi connectivity index (χ0n) is 17.4.